The lowest BCUT2D eigenvalue weighted by Crippen LogP contribution is -2.34. The van der Waals surface area contributed by atoms with Crippen molar-refractivity contribution in [2.75, 3.05) is 26.7 Å². The molecule has 0 atom stereocenters. The molecule has 1 fully saturated rings. The van der Waals surface area contributed by atoms with Gasteiger partial charge in [0, 0.05) is 20.1 Å². The van der Waals surface area contributed by atoms with E-state index in [0.29, 0.717) is 13.1 Å². The van der Waals surface area contributed by atoms with E-state index in [1.807, 2.05) is 0 Å². The Balaban J connectivity index is 2.08. The SMILES string of the molecule is CN1CCN(CC(=O)c2ccccc2F)C1=O. The predicted molar refractivity (Wildman–Crippen MR) is 60.3 cm³/mol. The van der Waals surface area contributed by atoms with Crippen molar-refractivity contribution in [3.05, 3.63) is 35.6 Å². The second kappa shape index (κ2) is 4.53. The van der Waals surface area contributed by atoms with Gasteiger partial charge in [-0.3, -0.25) is 4.79 Å². The molecule has 0 radical (unpaired) electrons. The first kappa shape index (κ1) is 11.6. The Labute approximate surface area is 98.6 Å². The number of ketones is 1. The molecule has 1 aliphatic heterocycles. The Morgan fingerprint density at radius 1 is 1.35 bits per heavy atom. The van der Waals surface area contributed by atoms with Gasteiger partial charge in [-0.2, -0.15) is 0 Å². The molecule has 0 spiro atoms. The molecular formula is C12H13FN2O2. The molecule has 1 aromatic carbocycles. The molecule has 0 aliphatic carbocycles. The van der Waals surface area contributed by atoms with E-state index in [4.69, 9.17) is 0 Å². The highest BCUT2D eigenvalue weighted by molar-refractivity contribution is 5.99. The van der Waals surface area contributed by atoms with E-state index in [2.05, 4.69) is 0 Å². The van der Waals surface area contributed by atoms with Gasteiger partial charge in [-0.05, 0) is 12.1 Å². The molecule has 0 bridgehead atoms. The van der Waals surface area contributed by atoms with Crippen LogP contribution in [0.4, 0.5) is 9.18 Å². The summed E-state index contributed by atoms with van der Waals surface area (Å²) >= 11 is 0. The first-order valence-corrected chi connectivity index (χ1v) is 5.37. The van der Waals surface area contributed by atoms with Crippen molar-refractivity contribution in [3.63, 3.8) is 0 Å². The Kier molecular flexibility index (Phi) is 3.08. The number of benzene rings is 1. The molecule has 1 heterocycles. The number of amides is 2. The number of hydrogen-bond donors (Lipinski definition) is 0. The molecule has 1 saturated heterocycles. The molecule has 0 N–H and O–H groups in total. The first-order chi connectivity index (χ1) is 8.09. The lowest BCUT2D eigenvalue weighted by atomic mass is 10.1. The van der Waals surface area contributed by atoms with Crippen molar-refractivity contribution in [2.45, 2.75) is 0 Å². The van der Waals surface area contributed by atoms with Gasteiger partial charge in [-0.15, -0.1) is 0 Å². The summed E-state index contributed by atoms with van der Waals surface area (Å²) in [6.45, 7) is 1.04. The fraction of sp³-hybridized carbons (Fsp3) is 0.333. The summed E-state index contributed by atoms with van der Waals surface area (Å²) in [5, 5.41) is 0. The maximum absolute atomic E-state index is 13.4. The highest BCUT2D eigenvalue weighted by Crippen LogP contribution is 2.11. The lowest BCUT2D eigenvalue weighted by molar-refractivity contribution is 0.0948. The minimum absolute atomic E-state index is 0.0369. The second-order valence-corrected chi connectivity index (χ2v) is 4.03. The number of rotatable bonds is 3. The van der Waals surface area contributed by atoms with Gasteiger partial charge in [-0.1, -0.05) is 12.1 Å². The Morgan fingerprint density at radius 2 is 2.06 bits per heavy atom. The maximum atomic E-state index is 13.4. The number of Topliss-reactive ketones (excluding diaryl/α,β-unsaturated/α-hetero) is 1. The molecule has 17 heavy (non-hydrogen) atoms. The highest BCUT2D eigenvalue weighted by atomic mass is 19.1. The minimum atomic E-state index is -0.544. The monoisotopic (exact) mass is 236 g/mol. The van der Waals surface area contributed by atoms with E-state index in [-0.39, 0.29) is 23.9 Å². The van der Waals surface area contributed by atoms with Gasteiger partial charge in [0.25, 0.3) is 0 Å². The van der Waals surface area contributed by atoms with E-state index in [1.54, 1.807) is 13.1 Å². The van der Waals surface area contributed by atoms with Gasteiger partial charge in [0.15, 0.2) is 5.78 Å². The van der Waals surface area contributed by atoms with E-state index < -0.39 is 5.82 Å². The molecule has 0 unspecified atom stereocenters. The standard InChI is InChI=1S/C12H13FN2O2/c1-14-6-7-15(12(14)17)8-11(16)9-4-2-3-5-10(9)13/h2-5H,6-8H2,1H3. The van der Waals surface area contributed by atoms with Crippen molar-refractivity contribution in [1.29, 1.82) is 0 Å². The third kappa shape index (κ3) is 2.27. The molecule has 4 nitrogen and oxygen atoms in total. The number of likely N-dealkylation sites (N-methyl/N-ethyl adjacent to an activating group) is 1. The summed E-state index contributed by atoms with van der Waals surface area (Å²) in [5.74, 6) is -0.913. The number of carbonyl (C=O) groups excluding carboxylic acids is 2. The molecule has 1 aliphatic rings. The van der Waals surface area contributed by atoms with E-state index >= 15 is 0 Å². The van der Waals surface area contributed by atoms with Crippen LogP contribution >= 0.6 is 0 Å². The Bertz CT molecular complexity index is 462. The zero-order chi connectivity index (χ0) is 12.4. The molecule has 0 saturated carbocycles. The molecular weight excluding hydrogens is 223 g/mol. The topological polar surface area (TPSA) is 40.6 Å². The summed E-state index contributed by atoms with van der Waals surface area (Å²) in [6.07, 6.45) is 0. The van der Waals surface area contributed by atoms with Gasteiger partial charge < -0.3 is 9.80 Å². The third-order valence-corrected chi connectivity index (χ3v) is 2.81. The smallest absolute Gasteiger partial charge is 0.320 e. The summed E-state index contributed by atoms with van der Waals surface area (Å²) < 4.78 is 13.4. The zero-order valence-corrected chi connectivity index (χ0v) is 9.52. The minimum Gasteiger partial charge on any atom is -0.326 e. The number of hydrogen-bond acceptors (Lipinski definition) is 2. The van der Waals surface area contributed by atoms with Crippen molar-refractivity contribution >= 4 is 11.8 Å². The fourth-order valence-corrected chi connectivity index (χ4v) is 1.80. The Hall–Kier alpha value is -1.91. The average Bonchev–Trinajstić information content (AvgIpc) is 2.61. The molecule has 2 amide bonds. The Morgan fingerprint density at radius 3 is 2.65 bits per heavy atom. The zero-order valence-electron chi connectivity index (χ0n) is 9.52. The van der Waals surface area contributed by atoms with Crippen LogP contribution in [-0.2, 0) is 0 Å². The first-order valence-electron chi connectivity index (χ1n) is 5.37. The van der Waals surface area contributed by atoms with Gasteiger partial charge in [0.05, 0.1) is 12.1 Å². The molecule has 90 valence electrons. The summed E-state index contributed by atoms with van der Waals surface area (Å²) in [7, 11) is 1.68. The quantitative estimate of drug-likeness (QED) is 0.744. The van der Waals surface area contributed by atoms with Gasteiger partial charge in [-0.25, -0.2) is 9.18 Å². The number of carbonyl (C=O) groups is 2. The van der Waals surface area contributed by atoms with Gasteiger partial charge in [0.1, 0.15) is 5.82 Å². The average molecular weight is 236 g/mol. The fourth-order valence-electron chi connectivity index (χ4n) is 1.80. The maximum Gasteiger partial charge on any atom is 0.320 e. The largest absolute Gasteiger partial charge is 0.326 e. The normalized spacial score (nSPS) is 15.5. The highest BCUT2D eigenvalue weighted by Gasteiger charge is 2.27. The van der Waals surface area contributed by atoms with Crippen LogP contribution in [-0.4, -0.2) is 48.3 Å². The van der Waals surface area contributed by atoms with Crippen molar-refractivity contribution in [3.8, 4) is 0 Å². The number of halogens is 1. The number of urea groups is 1. The summed E-state index contributed by atoms with van der Waals surface area (Å²) in [5.41, 5.74) is 0.0369. The van der Waals surface area contributed by atoms with Crippen molar-refractivity contribution in [1.82, 2.24) is 9.80 Å². The molecule has 1 aromatic rings. The van der Waals surface area contributed by atoms with Crippen LogP contribution in [0.15, 0.2) is 24.3 Å². The van der Waals surface area contributed by atoms with Crippen LogP contribution in [0.2, 0.25) is 0 Å². The van der Waals surface area contributed by atoms with Crippen LogP contribution in [0.3, 0.4) is 0 Å². The third-order valence-electron chi connectivity index (χ3n) is 2.81. The van der Waals surface area contributed by atoms with Crippen LogP contribution < -0.4 is 0 Å². The summed E-state index contributed by atoms with van der Waals surface area (Å²) in [6, 6.07) is 5.62. The number of nitrogens with zero attached hydrogens (tertiary/aromatic N) is 2. The molecule has 0 aromatic heterocycles. The van der Waals surface area contributed by atoms with Crippen LogP contribution in [0.1, 0.15) is 10.4 Å². The van der Waals surface area contributed by atoms with Gasteiger partial charge in [0.2, 0.25) is 0 Å². The predicted octanol–water partition coefficient (Wildman–Crippen LogP) is 1.38. The van der Waals surface area contributed by atoms with Crippen molar-refractivity contribution in [2.24, 2.45) is 0 Å². The summed E-state index contributed by atoms with van der Waals surface area (Å²) in [4.78, 5) is 26.3. The van der Waals surface area contributed by atoms with E-state index in [9.17, 15) is 14.0 Å². The van der Waals surface area contributed by atoms with Crippen LogP contribution in [0.5, 0.6) is 0 Å². The van der Waals surface area contributed by atoms with Gasteiger partial charge >= 0.3 is 6.03 Å². The van der Waals surface area contributed by atoms with Crippen molar-refractivity contribution < 1.29 is 14.0 Å². The lowest BCUT2D eigenvalue weighted by Gasteiger charge is -2.14. The van der Waals surface area contributed by atoms with E-state index in [0.717, 1.165) is 0 Å². The van der Waals surface area contributed by atoms with Crippen LogP contribution in [0, 0.1) is 5.82 Å². The van der Waals surface area contributed by atoms with Crippen LogP contribution in [0.25, 0.3) is 0 Å². The molecule has 2 rings (SSSR count). The van der Waals surface area contributed by atoms with E-state index in [1.165, 1.54) is 28.0 Å². The second-order valence-electron chi connectivity index (χ2n) is 4.03. The molecule has 5 heteroatoms.